The van der Waals surface area contributed by atoms with Crippen molar-refractivity contribution in [1.29, 1.82) is 0 Å². The van der Waals surface area contributed by atoms with Gasteiger partial charge in [-0.1, -0.05) is 11.6 Å². The predicted octanol–water partition coefficient (Wildman–Crippen LogP) is 0.966. The molecule has 0 radical (unpaired) electrons. The van der Waals surface area contributed by atoms with Crippen LogP contribution >= 0.6 is 23.4 Å². The van der Waals surface area contributed by atoms with Crippen LogP contribution in [0.5, 0.6) is 0 Å². The molecule has 17 heavy (non-hydrogen) atoms. The van der Waals surface area contributed by atoms with Crippen LogP contribution in [-0.4, -0.2) is 19.9 Å². The molecule has 2 N–H and O–H groups in total. The molecule has 0 aromatic carbocycles. The van der Waals surface area contributed by atoms with Crippen molar-refractivity contribution in [3.05, 3.63) is 43.8 Å². The molecule has 0 aliphatic carbocycles. The molecule has 0 spiro atoms. The highest BCUT2D eigenvalue weighted by molar-refractivity contribution is 7.99. The van der Waals surface area contributed by atoms with E-state index >= 15 is 0 Å². The number of nitrogens with one attached hydrogen (secondary N) is 2. The van der Waals surface area contributed by atoms with Crippen molar-refractivity contribution in [2.45, 2.75) is 17.1 Å². The van der Waals surface area contributed by atoms with E-state index in [-0.39, 0.29) is 10.6 Å². The number of aromatic nitrogens is 4. The monoisotopic (exact) mass is 270 g/mol. The Morgan fingerprint density at radius 2 is 2.18 bits per heavy atom. The van der Waals surface area contributed by atoms with E-state index in [2.05, 4.69) is 19.9 Å². The van der Waals surface area contributed by atoms with Gasteiger partial charge in [0.1, 0.15) is 10.0 Å². The standard InChI is InChI=1S/C9H7ClN4O2S/c1-4-2-5(15)14-9(13-4)17-8-6(10)7(16)11-3-12-8/h2-3H,1H3,(H,11,12,16)(H,13,14,15). The highest BCUT2D eigenvalue weighted by Crippen LogP contribution is 2.25. The Hall–Kier alpha value is -1.60. The predicted molar refractivity (Wildman–Crippen MR) is 63.6 cm³/mol. The quantitative estimate of drug-likeness (QED) is 0.627. The van der Waals surface area contributed by atoms with Gasteiger partial charge >= 0.3 is 0 Å². The van der Waals surface area contributed by atoms with Crippen molar-refractivity contribution in [1.82, 2.24) is 19.9 Å². The number of hydrogen-bond acceptors (Lipinski definition) is 5. The lowest BCUT2D eigenvalue weighted by molar-refractivity contribution is 0.899. The Balaban J connectivity index is 2.41. The summed E-state index contributed by atoms with van der Waals surface area (Å²) >= 11 is 6.80. The van der Waals surface area contributed by atoms with Crippen LogP contribution in [0.2, 0.25) is 5.02 Å². The summed E-state index contributed by atoms with van der Waals surface area (Å²) in [5, 5.41) is 0.612. The highest BCUT2D eigenvalue weighted by atomic mass is 35.5. The maximum atomic E-state index is 11.2. The van der Waals surface area contributed by atoms with Crippen LogP contribution in [0.3, 0.4) is 0 Å². The average Bonchev–Trinajstić information content (AvgIpc) is 2.23. The average molecular weight is 271 g/mol. The van der Waals surface area contributed by atoms with E-state index in [0.29, 0.717) is 15.9 Å². The van der Waals surface area contributed by atoms with Crippen molar-refractivity contribution in [2.75, 3.05) is 0 Å². The van der Waals surface area contributed by atoms with Gasteiger partial charge in [0.15, 0.2) is 5.16 Å². The molecule has 0 fully saturated rings. The van der Waals surface area contributed by atoms with Crippen molar-refractivity contribution in [2.24, 2.45) is 0 Å². The molecule has 2 heterocycles. The normalized spacial score (nSPS) is 10.5. The fourth-order valence-corrected chi connectivity index (χ4v) is 2.16. The van der Waals surface area contributed by atoms with Crippen molar-refractivity contribution >= 4 is 23.4 Å². The second-order valence-corrected chi connectivity index (χ2v) is 4.50. The molecule has 0 aliphatic rings. The van der Waals surface area contributed by atoms with Crippen molar-refractivity contribution < 1.29 is 0 Å². The molecule has 0 saturated carbocycles. The molecule has 6 nitrogen and oxygen atoms in total. The number of aryl methyl sites for hydroxylation is 1. The van der Waals surface area contributed by atoms with Crippen LogP contribution in [0, 0.1) is 6.92 Å². The fraction of sp³-hybridized carbons (Fsp3) is 0.111. The third kappa shape index (κ3) is 2.75. The van der Waals surface area contributed by atoms with Gasteiger partial charge in [-0.05, 0) is 18.7 Å². The molecule has 0 amide bonds. The Labute approximate surface area is 104 Å². The van der Waals surface area contributed by atoms with Gasteiger partial charge in [-0.15, -0.1) is 0 Å². The summed E-state index contributed by atoms with van der Waals surface area (Å²) in [6, 6.07) is 1.37. The first kappa shape index (κ1) is 11.9. The molecule has 2 aromatic rings. The van der Waals surface area contributed by atoms with E-state index in [1.54, 1.807) is 6.92 Å². The van der Waals surface area contributed by atoms with E-state index in [1.807, 2.05) is 0 Å². The van der Waals surface area contributed by atoms with Gasteiger partial charge in [0.2, 0.25) is 0 Å². The maximum Gasteiger partial charge on any atom is 0.270 e. The number of halogens is 1. The Morgan fingerprint density at radius 3 is 2.88 bits per heavy atom. The number of hydrogen-bond donors (Lipinski definition) is 2. The Morgan fingerprint density at radius 1 is 1.41 bits per heavy atom. The number of H-pyrrole nitrogens is 2. The Kier molecular flexibility index (Phi) is 3.30. The first-order valence-electron chi connectivity index (χ1n) is 4.55. The fourth-order valence-electron chi connectivity index (χ4n) is 1.13. The van der Waals surface area contributed by atoms with Gasteiger partial charge < -0.3 is 9.97 Å². The van der Waals surface area contributed by atoms with Crippen LogP contribution in [-0.2, 0) is 0 Å². The zero-order chi connectivity index (χ0) is 12.4. The summed E-state index contributed by atoms with van der Waals surface area (Å²) in [5.74, 6) is 0. The number of aromatic amines is 2. The third-order valence-electron chi connectivity index (χ3n) is 1.81. The van der Waals surface area contributed by atoms with Crippen LogP contribution in [0.4, 0.5) is 0 Å². The maximum absolute atomic E-state index is 11.2. The molecule has 0 atom stereocenters. The van der Waals surface area contributed by atoms with Gasteiger partial charge in [-0.2, -0.15) is 0 Å². The molecule has 0 bridgehead atoms. The van der Waals surface area contributed by atoms with E-state index in [0.717, 1.165) is 11.8 Å². The molecule has 2 rings (SSSR count). The highest BCUT2D eigenvalue weighted by Gasteiger charge is 2.09. The zero-order valence-corrected chi connectivity index (χ0v) is 10.2. The lowest BCUT2D eigenvalue weighted by Crippen LogP contribution is -2.10. The molecule has 2 aromatic heterocycles. The SMILES string of the molecule is Cc1cc(=O)[nH]c(Sc2nc[nH]c(=O)c2Cl)n1. The summed E-state index contributed by atoms with van der Waals surface area (Å²) < 4.78 is 0. The Bertz CT molecular complexity index is 667. The largest absolute Gasteiger partial charge is 0.312 e. The second-order valence-electron chi connectivity index (χ2n) is 3.14. The van der Waals surface area contributed by atoms with Gasteiger partial charge in [0.25, 0.3) is 11.1 Å². The molecule has 0 saturated heterocycles. The van der Waals surface area contributed by atoms with E-state index < -0.39 is 5.56 Å². The van der Waals surface area contributed by atoms with Crippen molar-refractivity contribution in [3.8, 4) is 0 Å². The van der Waals surface area contributed by atoms with Gasteiger partial charge in [-0.25, -0.2) is 9.97 Å². The van der Waals surface area contributed by atoms with Gasteiger partial charge in [0, 0.05) is 11.8 Å². The number of nitrogens with zero attached hydrogens (tertiary/aromatic N) is 2. The lowest BCUT2D eigenvalue weighted by Gasteiger charge is -2.01. The molecule has 88 valence electrons. The topological polar surface area (TPSA) is 91.5 Å². The van der Waals surface area contributed by atoms with E-state index in [4.69, 9.17) is 11.6 Å². The lowest BCUT2D eigenvalue weighted by atomic mass is 10.5. The minimum absolute atomic E-state index is 0.0262. The minimum atomic E-state index is -0.431. The molecule has 0 aliphatic heterocycles. The van der Waals surface area contributed by atoms with Crippen LogP contribution < -0.4 is 11.1 Å². The van der Waals surface area contributed by atoms with E-state index in [9.17, 15) is 9.59 Å². The molecular formula is C9H7ClN4O2S. The first-order valence-corrected chi connectivity index (χ1v) is 5.74. The number of rotatable bonds is 2. The summed E-state index contributed by atoms with van der Waals surface area (Å²) in [6.45, 7) is 1.70. The van der Waals surface area contributed by atoms with Crippen molar-refractivity contribution in [3.63, 3.8) is 0 Å². The summed E-state index contributed by atoms with van der Waals surface area (Å²) in [7, 11) is 0. The molecule has 8 heteroatoms. The zero-order valence-electron chi connectivity index (χ0n) is 8.65. The first-order chi connectivity index (χ1) is 8.06. The minimum Gasteiger partial charge on any atom is -0.312 e. The van der Waals surface area contributed by atoms with Crippen LogP contribution in [0.15, 0.2) is 32.2 Å². The summed E-state index contributed by atoms with van der Waals surface area (Å²) in [4.78, 5) is 35.3. The van der Waals surface area contributed by atoms with Crippen LogP contribution in [0.1, 0.15) is 5.69 Å². The summed E-state index contributed by atoms with van der Waals surface area (Å²) in [5.41, 5.74) is -0.114. The molecule has 0 unspecified atom stereocenters. The summed E-state index contributed by atoms with van der Waals surface area (Å²) in [6.07, 6.45) is 1.24. The molecular weight excluding hydrogens is 264 g/mol. The van der Waals surface area contributed by atoms with E-state index in [1.165, 1.54) is 12.4 Å². The van der Waals surface area contributed by atoms with Gasteiger partial charge in [0.05, 0.1) is 6.33 Å². The smallest absolute Gasteiger partial charge is 0.270 e. The second kappa shape index (κ2) is 4.72. The van der Waals surface area contributed by atoms with Gasteiger partial charge in [-0.3, -0.25) is 9.59 Å². The third-order valence-corrected chi connectivity index (χ3v) is 3.16. The van der Waals surface area contributed by atoms with Crippen LogP contribution in [0.25, 0.3) is 0 Å².